The van der Waals surface area contributed by atoms with E-state index in [4.69, 9.17) is 28.9 Å². The van der Waals surface area contributed by atoms with Crippen LogP contribution < -0.4 is 11.1 Å². The molecule has 0 saturated heterocycles. The summed E-state index contributed by atoms with van der Waals surface area (Å²) in [5.41, 5.74) is 5.62. The summed E-state index contributed by atoms with van der Waals surface area (Å²) >= 11 is 11.8. The lowest BCUT2D eigenvalue weighted by Crippen LogP contribution is -2.23. The van der Waals surface area contributed by atoms with Crippen LogP contribution in [0.1, 0.15) is 20.7 Å². The average Bonchev–Trinajstić information content (AvgIpc) is 2.56. The van der Waals surface area contributed by atoms with Gasteiger partial charge in [-0.2, -0.15) is 0 Å². The molecular weight excluding hydrogens is 401 g/mol. The molecule has 0 aliphatic carbocycles. The second-order valence-electron chi connectivity index (χ2n) is 5.45. The molecule has 0 unspecified atom stereocenters. The smallest absolute Gasteiger partial charge is 0.255 e. The molecule has 0 aromatic heterocycles. The number of hydrogen-bond donors (Lipinski definition) is 2. The van der Waals surface area contributed by atoms with Crippen LogP contribution in [0, 0.1) is 0 Å². The Morgan fingerprint density at radius 1 is 1.04 bits per heavy atom. The Balaban J connectivity index is 2.37. The van der Waals surface area contributed by atoms with Crippen molar-refractivity contribution in [3.05, 3.63) is 57.6 Å². The zero-order valence-electron chi connectivity index (χ0n) is 13.8. The summed E-state index contributed by atoms with van der Waals surface area (Å²) in [5.74, 6) is -1.33. The number of nitrogens with one attached hydrogen (secondary N) is 1. The van der Waals surface area contributed by atoms with E-state index < -0.39 is 21.8 Å². The van der Waals surface area contributed by atoms with E-state index in [1.165, 1.54) is 50.5 Å². The van der Waals surface area contributed by atoms with Gasteiger partial charge in [0.1, 0.15) is 4.90 Å². The van der Waals surface area contributed by atoms with Gasteiger partial charge in [0, 0.05) is 25.3 Å². The molecule has 0 atom stereocenters. The van der Waals surface area contributed by atoms with Gasteiger partial charge in [0.25, 0.3) is 5.91 Å². The van der Waals surface area contributed by atoms with Crippen LogP contribution in [-0.2, 0) is 10.0 Å². The maximum Gasteiger partial charge on any atom is 0.255 e. The lowest BCUT2D eigenvalue weighted by Gasteiger charge is -2.14. The number of anilines is 1. The first-order valence-electron chi connectivity index (χ1n) is 7.17. The maximum atomic E-state index is 12.4. The van der Waals surface area contributed by atoms with Crippen molar-refractivity contribution in [3.8, 4) is 0 Å². The third kappa shape index (κ3) is 4.16. The molecule has 0 aliphatic rings. The molecule has 0 aliphatic heterocycles. The van der Waals surface area contributed by atoms with Crippen molar-refractivity contribution in [2.75, 3.05) is 19.4 Å². The minimum atomic E-state index is -3.82. The lowest BCUT2D eigenvalue weighted by molar-refractivity contribution is 0.0996. The Morgan fingerprint density at radius 3 is 2.23 bits per heavy atom. The maximum absolute atomic E-state index is 12.4. The summed E-state index contributed by atoms with van der Waals surface area (Å²) in [6, 6.07) is 8.12. The van der Waals surface area contributed by atoms with Crippen LogP contribution in [0.2, 0.25) is 10.0 Å². The van der Waals surface area contributed by atoms with E-state index in [2.05, 4.69) is 5.32 Å². The van der Waals surface area contributed by atoms with Crippen LogP contribution in [0.4, 0.5) is 5.69 Å². The molecule has 2 rings (SSSR count). The number of primary amides is 1. The largest absolute Gasteiger partial charge is 0.366 e. The fraction of sp³-hybridized carbons (Fsp3) is 0.125. The van der Waals surface area contributed by atoms with E-state index in [0.29, 0.717) is 0 Å². The first kappa shape index (κ1) is 20.2. The number of hydrogen-bond acceptors (Lipinski definition) is 4. The standard InChI is InChI=1S/C16H15Cl2N3O4S/c1-21(2)26(24,25)14-7-9(3-5-13(14)18)16(23)20-10-4-6-12(17)11(8-10)15(19)22/h3-8H,1-2H3,(H2,19,22)(H,20,23). The molecule has 0 radical (unpaired) electrons. The molecule has 2 amide bonds. The zero-order valence-corrected chi connectivity index (χ0v) is 16.1. The van der Waals surface area contributed by atoms with Gasteiger partial charge in [0.05, 0.1) is 15.6 Å². The molecule has 2 aromatic carbocycles. The van der Waals surface area contributed by atoms with Gasteiger partial charge in [-0.05, 0) is 36.4 Å². The minimum Gasteiger partial charge on any atom is -0.366 e. The van der Waals surface area contributed by atoms with Gasteiger partial charge in [-0.25, -0.2) is 12.7 Å². The van der Waals surface area contributed by atoms with E-state index in [-0.39, 0.29) is 31.8 Å². The summed E-state index contributed by atoms with van der Waals surface area (Å²) in [6.07, 6.45) is 0. The van der Waals surface area contributed by atoms with Gasteiger partial charge in [-0.1, -0.05) is 23.2 Å². The summed E-state index contributed by atoms with van der Waals surface area (Å²) in [6.45, 7) is 0. The number of nitrogens with zero attached hydrogens (tertiary/aromatic N) is 1. The molecule has 0 spiro atoms. The highest BCUT2D eigenvalue weighted by atomic mass is 35.5. The summed E-state index contributed by atoms with van der Waals surface area (Å²) in [4.78, 5) is 23.6. The predicted molar refractivity (Wildman–Crippen MR) is 100 cm³/mol. The van der Waals surface area contributed by atoms with Gasteiger partial charge in [-0.3, -0.25) is 9.59 Å². The normalized spacial score (nSPS) is 11.4. The SMILES string of the molecule is CN(C)S(=O)(=O)c1cc(C(=O)Nc2ccc(Cl)c(C(N)=O)c2)ccc1Cl. The first-order chi connectivity index (χ1) is 12.0. The lowest BCUT2D eigenvalue weighted by atomic mass is 10.1. The third-order valence-corrected chi connectivity index (χ3v) is 6.07. The minimum absolute atomic E-state index is 0.00208. The summed E-state index contributed by atoms with van der Waals surface area (Å²) < 4.78 is 25.6. The van der Waals surface area contributed by atoms with Crippen LogP contribution in [0.15, 0.2) is 41.3 Å². The van der Waals surface area contributed by atoms with E-state index in [9.17, 15) is 18.0 Å². The van der Waals surface area contributed by atoms with Crippen LogP contribution in [0.25, 0.3) is 0 Å². The predicted octanol–water partition coefficient (Wildman–Crippen LogP) is 2.59. The monoisotopic (exact) mass is 415 g/mol. The van der Waals surface area contributed by atoms with Crippen molar-refractivity contribution >= 4 is 50.7 Å². The highest BCUT2D eigenvalue weighted by molar-refractivity contribution is 7.89. The van der Waals surface area contributed by atoms with Crippen molar-refractivity contribution in [2.24, 2.45) is 5.73 Å². The molecule has 0 heterocycles. The Bertz CT molecular complexity index is 991. The van der Waals surface area contributed by atoms with E-state index in [1.807, 2.05) is 0 Å². The van der Waals surface area contributed by atoms with Crippen LogP contribution in [0.3, 0.4) is 0 Å². The van der Waals surface area contributed by atoms with E-state index in [0.717, 1.165) is 4.31 Å². The van der Waals surface area contributed by atoms with Crippen molar-refractivity contribution in [1.29, 1.82) is 0 Å². The number of nitrogens with two attached hydrogens (primary N) is 1. The second kappa shape index (κ2) is 7.63. The molecule has 3 N–H and O–H groups in total. The number of sulfonamides is 1. The van der Waals surface area contributed by atoms with Crippen molar-refractivity contribution in [1.82, 2.24) is 4.31 Å². The molecule has 0 saturated carbocycles. The van der Waals surface area contributed by atoms with Gasteiger partial charge in [-0.15, -0.1) is 0 Å². The summed E-state index contributed by atoms with van der Waals surface area (Å²) in [5, 5.41) is 2.70. The van der Waals surface area contributed by atoms with E-state index >= 15 is 0 Å². The van der Waals surface area contributed by atoms with Gasteiger partial charge >= 0.3 is 0 Å². The van der Waals surface area contributed by atoms with Crippen molar-refractivity contribution in [3.63, 3.8) is 0 Å². The molecule has 10 heteroatoms. The van der Waals surface area contributed by atoms with Crippen LogP contribution in [-0.4, -0.2) is 38.6 Å². The van der Waals surface area contributed by atoms with Crippen molar-refractivity contribution in [2.45, 2.75) is 4.90 Å². The molecular formula is C16H15Cl2N3O4S. The number of benzene rings is 2. The van der Waals surface area contributed by atoms with Gasteiger partial charge in [0.15, 0.2) is 0 Å². The Kier molecular flexibility index (Phi) is 5.92. The summed E-state index contributed by atoms with van der Waals surface area (Å²) in [7, 11) is -1.10. The number of rotatable bonds is 5. The highest BCUT2D eigenvalue weighted by Gasteiger charge is 2.22. The zero-order chi connectivity index (χ0) is 19.6. The molecule has 26 heavy (non-hydrogen) atoms. The number of amides is 2. The van der Waals surface area contributed by atoms with Gasteiger partial charge < -0.3 is 11.1 Å². The van der Waals surface area contributed by atoms with Gasteiger partial charge in [0.2, 0.25) is 15.9 Å². The Labute approximate surface area is 160 Å². The topological polar surface area (TPSA) is 110 Å². The quantitative estimate of drug-likeness (QED) is 0.781. The first-order valence-corrected chi connectivity index (χ1v) is 9.36. The highest BCUT2D eigenvalue weighted by Crippen LogP contribution is 2.26. The molecule has 0 bridgehead atoms. The number of halogens is 2. The number of carbonyl (C=O) groups excluding carboxylic acids is 2. The fourth-order valence-electron chi connectivity index (χ4n) is 2.03. The molecule has 2 aromatic rings. The Morgan fingerprint density at radius 2 is 1.65 bits per heavy atom. The Hall–Kier alpha value is -2.13. The molecule has 138 valence electrons. The molecule has 0 fully saturated rings. The van der Waals surface area contributed by atoms with E-state index in [1.54, 1.807) is 0 Å². The van der Waals surface area contributed by atoms with Crippen LogP contribution in [0.5, 0.6) is 0 Å². The van der Waals surface area contributed by atoms with Crippen LogP contribution >= 0.6 is 23.2 Å². The van der Waals surface area contributed by atoms with Crippen molar-refractivity contribution < 1.29 is 18.0 Å². The molecule has 7 nitrogen and oxygen atoms in total. The second-order valence-corrected chi connectivity index (χ2v) is 8.38. The third-order valence-electron chi connectivity index (χ3n) is 3.44. The number of carbonyl (C=O) groups is 2. The fourth-order valence-corrected chi connectivity index (χ4v) is 3.64. The average molecular weight is 416 g/mol.